The fourth-order valence-electron chi connectivity index (χ4n) is 3.39. The van der Waals surface area contributed by atoms with Crippen LogP contribution in [-0.4, -0.2) is 19.1 Å². The summed E-state index contributed by atoms with van der Waals surface area (Å²) in [4.78, 5) is 32.2. The van der Waals surface area contributed by atoms with Crippen LogP contribution in [0.15, 0.2) is 27.8 Å². The smallest absolute Gasteiger partial charge is 0.330 e. The summed E-state index contributed by atoms with van der Waals surface area (Å²) in [6, 6.07) is 4.97. The molecular weight excluding hydrogens is 385 g/mol. The van der Waals surface area contributed by atoms with Crippen LogP contribution in [0.2, 0.25) is 0 Å². The number of aromatic nitrogens is 4. The number of fused-ring (bicyclic) bond motifs is 1. The highest BCUT2D eigenvalue weighted by molar-refractivity contribution is 5.71. The Hall–Kier alpha value is -2.90. The van der Waals surface area contributed by atoms with E-state index in [0.29, 0.717) is 53.8 Å². The van der Waals surface area contributed by atoms with E-state index in [0.717, 1.165) is 19.3 Å². The summed E-state index contributed by atoms with van der Waals surface area (Å²) in [7, 11) is 0. The molecule has 3 rings (SSSR count). The van der Waals surface area contributed by atoms with E-state index < -0.39 is 11.2 Å². The zero-order valence-corrected chi connectivity index (χ0v) is 18.1. The summed E-state index contributed by atoms with van der Waals surface area (Å²) >= 11 is 0. The van der Waals surface area contributed by atoms with E-state index in [4.69, 9.17) is 0 Å². The summed E-state index contributed by atoms with van der Waals surface area (Å²) in [6.45, 7) is 9.43. The minimum Gasteiger partial charge on any atom is -0.378 e. The number of rotatable bonds is 9. The van der Waals surface area contributed by atoms with E-state index in [1.165, 1.54) is 6.07 Å². The van der Waals surface area contributed by atoms with Gasteiger partial charge >= 0.3 is 5.69 Å². The molecule has 0 aliphatic carbocycles. The molecule has 162 valence electrons. The van der Waals surface area contributed by atoms with Crippen molar-refractivity contribution in [3.63, 3.8) is 0 Å². The molecule has 0 bridgehead atoms. The van der Waals surface area contributed by atoms with Gasteiger partial charge in [-0.15, -0.1) is 0 Å². The number of benzene rings is 1. The molecule has 0 amide bonds. The Bertz CT molecular complexity index is 1140. The Kier molecular flexibility index (Phi) is 6.74. The van der Waals surface area contributed by atoms with Crippen LogP contribution in [0, 0.1) is 18.7 Å². The maximum atomic E-state index is 13.9. The maximum absolute atomic E-state index is 13.9. The second-order valence-corrected chi connectivity index (χ2v) is 8.12. The lowest BCUT2D eigenvalue weighted by atomic mass is 10.1. The van der Waals surface area contributed by atoms with Gasteiger partial charge in [0.2, 0.25) is 0 Å². The second kappa shape index (κ2) is 9.28. The zero-order valence-electron chi connectivity index (χ0n) is 18.1. The predicted octanol–water partition coefficient (Wildman–Crippen LogP) is 3.79. The van der Waals surface area contributed by atoms with Crippen molar-refractivity contribution in [3.05, 3.63) is 56.2 Å². The molecule has 0 atom stereocenters. The number of aryl methyl sites for hydroxylation is 3. The molecule has 0 saturated carbocycles. The molecule has 0 radical (unpaired) electrons. The van der Waals surface area contributed by atoms with Gasteiger partial charge in [0.25, 0.3) is 5.56 Å². The highest BCUT2D eigenvalue weighted by Gasteiger charge is 2.18. The van der Waals surface area contributed by atoms with Gasteiger partial charge in [0.05, 0.1) is 6.54 Å². The average molecular weight is 416 g/mol. The van der Waals surface area contributed by atoms with E-state index >= 15 is 0 Å². The van der Waals surface area contributed by atoms with Gasteiger partial charge in [0.15, 0.2) is 11.2 Å². The Morgan fingerprint density at radius 3 is 2.63 bits per heavy atom. The van der Waals surface area contributed by atoms with Crippen molar-refractivity contribution in [2.24, 2.45) is 5.92 Å². The largest absolute Gasteiger partial charge is 0.378 e. The van der Waals surface area contributed by atoms with Crippen LogP contribution in [0.4, 0.5) is 10.1 Å². The minimum absolute atomic E-state index is 0.279. The quantitative estimate of drug-likeness (QED) is 0.557. The van der Waals surface area contributed by atoms with Crippen molar-refractivity contribution in [1.29, 1.82) is 0 Å². The monoisotopic (exact) mass is 415 g/mol. The Morgan fingerprint density at radius 2 is 1.97 bits per heavy atom. The molecule has 0 spiro atoms. The minimum atomic E-state index is -0.436. The van der Waals surface area contributed by atoms with E-state index in [1.807, 2.05) is 17.6 Å². The summed E-state index contributed by atoms with van der Waals surface area (Å²) in [6.07, 6.45) is 2.61. The van der Waals surface area contributed by atoms with Crippen molar-refractivity contribution in [2.75, 3.05) is 5.32 Å². The first-order chi connectivity index (χ1) is 14.3. The van der Waals surface area contributed by atoms with Gasteiger partial charge < -0.3 is 9.88 Å². The summed E-state index contributed by atoms with van der Waals surface area (Å²) in [5.41, 5.74) is 1.18. The first kappa shape index (κ1) is 21.8. The molecule has 2 aromatic heterocycles. The highest BCUT2D eigenvalue weighted by Crippen LogP contribution is 2.18. The lowest BCUT2D eigenvalue weighted by Crippen LogP contribution is -2.31. The van der Waals surface area contributed by atoms with Crippen molar-refractivity contribution in [3.8, 4) is 0 Å². The topological polar surface area (TPSA) is 84.7 Å². The van der Waals surface area contributed by atoms with E-state index in [9.17, 15) is 14.0 Å². The van der Waals surface area contributed by atoms with Crippen molar-refractivity contribution in [2.45, 2.75) is 66.6 Å². The summed E-state index contributed by atoms with van der Waals surface area (Å²) in [5, 5.41) is 3.19. The number of aromatic amines is 1. The molecule has 2 heterocycles. The third-order valence-electron chi connectivity index (χ3n) is 5.25. The molecular formula is C22H30FN5O2. The molecule has 2 N–H and O–H groups in total. The Labute approximate surface area is 175 Å². The number of H-pyrrole nitrogens is 1. The lowest BCUT2D eigenvalue weighted by molar-refractivity contribution is 0.513. The first-order valence-electron chi connectivity index (χ1n) is 10.5. The number of hydrogen-bond acceptors (Lipinski definition) is 4. The second-order valence-electron chi connectivity index (χ2n) is 8.12. The molecule has 0 aliphatic rings. The summed E-state index contributed by atoms with van der Waals surface area (Å²) < 4.78 is 17.3. The molecule has 8 heteroatoms. The van der Waals surface area contributed by atoms with Crippen LogP contribution in [0.3, 0.4) is 0 Å². The number of nitrogens with one attached hydrogen (secondary N) is 2. The first-order valence-corrected chi connectivity index (χ1v) is 10.5. The fraction of sp³-hybridized carbons (Fsp3) is 0.500. The van der Waals surface area contributed by atoms with E-state index in [-0.39, 0.29) is 5.82 Å². The van der Waals surface area contributed by atoms with Crippen molar-refractivity contribution >= 4 is 16.9 Å². The van der Waals surface area contributed by atoms with Crippen LogP contribution in [0.25, 0.3) is 11.2 Å². The van der Waals surface area contributed by atoms with Gasteiger partial charge in [0.1, 0.15) is 11.6 Å². The molecule has 1 aromatic carbocycles. The van der Waals surface area contributed by atoms with Crippen LogP contribution in [-0.2, 0) is 19.6 Å². The molecule has 0 saturated heterocycles. The number of anilines is 1. The van der Waals surface area contributed by atoms with Gasteiger partial charge in [-0.1, -0.05) is 33.3 Å². The van der Waals surface area contributed by atoms with Gasteiger partial charge in [-0.3, -0.25) is 14.3 Å². The van der Waals surface area contributed by atoms with Gasteiger partial charge in [-0.05, 0) is 43.4 Å². The number of hydrogen-bond donors (Lipinski definition) is 2. The molecule has 0 aliphatic heterocycles. The third kappa shape index (κ3) is 4.63. The van der Waals surface area contributed by atoms with Crippen molar-refractivity contribution < 1.29 is 4.39 Å². The molecule has 7 nitrogen and oxygen atoms in total. The Morgan fingerprint density at radius 1 is 1.20 bits per heavy atom. The van der Waals surface area contributed by atoms with Crippen LogP contribution < -0.4 is 16.6 Å². The summed E-state index contributed by atoms with van der Waals surface area (Å²) in [5.74, 6) is 0.811. The van der Waals surface area contributed by atoms with Crippen LogP contribution in [0.5, 0.6) is 0 Å². The van der Waals surface area contributed by atoms with Gasteiger partial charge in [-0.25, -0.2) is 14.2 Å². The van der Waals surface area contributed by atoms with E-state index in [2.05, 4.69) is 29.1 Å². The Balaban J connectivity index is 2.05. The number of halogens is 1. The maximum Gasteiger partial charge on any atom is 0.330 e. The van der Waals surface area contributed by atoms with E-state index in [1.54, 1.807) is 17.6 Å². The normalized spacial score (nSPS) is 11.5. The van der Waals surface area contributed by atoms with Gasteiger partial charge in [0, 0.05) is 18.8 Å². The fourth-order valence-corrected chi connectivity index (χ4v) is 3.39. The van der Waals surface area contributed by atoms with Crippen LogP contribution >= 0.6 is 0 Å². The number of imidazole rings is 1. The van der Waals surface area contributed by atoms with Crippen LogP contribution in [0.1, 0.15) is 51.4 Å². The standard InChI is InChI=1S/C22H30FN5O2/c1-5-6-10-28-20-19(21(29)26-22(28)30)27(11-9-14(2)3)18(25-20)13-24-16-8-7-15(4)17(23)12-16/h7-8,12,14,24H,5-6,9-11,13H2,1-4H3,(H,26,29,30). The van der Waals surface area contributed by atoms with Crippen molar-refractivity contribution in [1.82, 2.24) is 19.1 Å². The number of nitrogens with zero attached hydrogens (tertiary/aromatic N) is 3. The highest BCUT2D eigenvalue weighted by atomic mass is 19.1. The zero-order chi connectivity index (χ0) is 21.8. The SMILES string of the molecule is CCCCn1c(=O)[nH]c(=O)c2c1nc(CNc1ccc(C)c(F)c1)n2CCC(C)C. The predicted molar refractivity (Wildman–Crippen MR) is 117 cm³/mol. The number of unbranched alkanes of at least 4 members (excludes halogenated alkanes) is 1. The third-order valence-corrected chi connectivity index (χ3v) is 5.25. The molecule has 0 unspecified atom stereocenters. The molecule has 30 heavy (non-hydrogen) atoms. The molecule has 3 aromatic rings. The molecule has 0 fully saturated rings. The average Bonchev–Trinajstić information content (AvgIpc) is 3.06. The lowest BCUT2D eigenvalue weighted by Gasteiger charge is -2.12. The van der Waals surface area contributed by atoms with Gasteiger partial charge in [-0.2, -0.15) is 0 Å².